The van der Waals surface area contributed by atoms with Crippen molar-refractivity contribution in [2.45, 2.75) is 24.7 Å². The molecule has 2 aromatic heterocycles. The zero-order valence-electron chi connectivity index (χ0n) is 15.5. The molecule has 0 atom stereocenters. The van der Waals surface area contributed by atoms with Crippen molar-refractivity contribution < 1.29 is 9.18 Å². The molecule has 0 bridgehead atoms. The van der Waals surface area contributed by atoms with Crippen LogP contribution in [0.5, 0.6) is 0 Å². The quantitative estimate of drug-likeness (QED) is 0.749. The minimum absolute atomic E-state index is 0.215. The van der Waals surface area contributed by atoms with Gasteiger partial charge in [-0.25, -0.2) is 14.2 Å². The van der Waals surface area contributed by atoms with E-state index < -0.39 is 16.7 Å². The van der Waals surface area contributed by atoms with Crippen LogP contribution in [-0.2, 0) is 24.3 Å². The fourth-order valence-corrected chi connectivity index (χ4v) is 3.73. The lowest BCUT2D eigenvalue weighted by molar-refractivity contribution is -0.124. The van der Waals surface area contributed by atoms with Crippen LogP contribution >= 0.6 is 0 Å². The van der Waals surface area contributed by atoms with Crippen molar-refractivity contribution in [2.75, 3.05) is 5.32 Å². The summed E-state index contributed by atoms with van der Waals surface area (Å²) in [5, 5.41) is 3.08. The van der Waals surface area contributed by atoms with Gasteiger partial charge in [-0.15, -0.1) is 0 Å². The van der Waals surface area contributed by atoms with Crippen LogP contribution in [0.1, 0.15) is 24.8 Å². The lowest BCUT2D eigenvalue weighted by atomic mass is 9.64. The molecule has 0 aliphatic heterocycles. The number of nitrogens with zero attached hydrogens (tertiary/aromatic N) is 3. The largest absolute Gasteiger partial charge is 0.332 e. The summed E-state index contributed by atoms with van der Waals surface area (Å²) in [6.45, 7) is 0. The van der Waals surface area contributed by atoms with Gasteiger partial charge in [0.2, 0.25) is 5.91 Å². The van der Waals surface area contributed by atoms with Crippen molar-refractivity contribution in [3.8, 4) is 0 Å². The molecule has 3 aromatic rings. The SMILES string of the molecule is Cn1c(=O)c2cc(NC(=O)C3(c4ccc(F)cc4)CCC3)cnc2n(C)c1=O. The number of fused-ring (bicyclic) bond motifs is 1. The minimum Gasteiger partial charge on any atom is -0.324 e. The van der Waals surface area contributed by atoms with E-state index in [0.29, 0.717) is 18.5 Å². The van der Waals surface area contributed by atoms with Gasteiger partial charge in [-0.1, -0.05) is 18.6 Å². The van der Waals surface area contributed by atoms with E-state index in [1.807, 2.05) is 0 Å². The molecular formula is C20H19FN4O3. The van der Waals surface area contributed by atoms with Crippen LogP contribution in [0.15, 0.2) is 46.1 Å². The Morgan fingerprint density at radius 1 is 1.14 bits per heavy atom. The van der Waals surface area contributed by atoms with E-state index >= 15 is 0 Å². The Labute approximate surface area is 159 Å². The van der Waals surface area contributed by atoms with E-state index in [2.05, 4.69) is 10.3 Å². The molecule has 8 heteroatoms. The number of carbonyl (C=O) groups excluding carboxylic acids is 1. The maximum Gasteiger partial charge on any atom is 0.332 e. The second-order valence-electron chi connectivity index (χ2n) is 7.20. The van der Waals surface area contributed by atoms with Gasteiger partial charge in [-0.05, 0) is 36.6 Å². The summed E-state index contributed by atoms with van der Waals surface area (Å²) >= 11 is 0. The fourth-order valence-electron chi connectivity index (χ4n) is 3.73. The van der Waals surface area contributed by atoms with Crippen LogP contribution in [-0.4, -0.2) is 20.0 Å². The summed E-state index contributed by atoms with van der Waals surface area (Å²) < 4.78 is 15.5. The Kier molecular flexibility index (Phi) is 4.14. The first-order valence-electron chi connectivity index (χ1n) is 8.97. The average Bonchev–Trinajstić information content (AvgIpc) is 2.65. The number of hydrogen-bond acceptors (Lipinski definition) is 4. The molecule has 0 spiro atoms. The van der Waals surface area contributed by atoms with E-state index in [1.165, 1.54) is 43.1 Å². The summed E-state index contributed by atoms with van der Waals surface area (Å²) in [5.41, 5.74) is -0.253. The summed E-state index contributed by atoms with van der Waals surface area (Å²) in [5.74, 6) is -0.563. The number of aromatic nitrogens is 3. The van der Waals surface area contributed by atoms with Crippen LogP contribution < -0.4 is 16.6 Å². The molecule has 4 rings (SSSR count). The molecule has 7 nitrogen and oxygen atoms in total. The lowest BCUT2D eigenvalue weighted by Gasteiger charge is -2.40. The van der Waals surface area contributed by atoms with Crippen LogP contribution in [0.25, 0.3) is 11.0 Å². The number of nitrogens with one attached hydrogen (secondary N) is 1. The Balaban J connectivity index is 1.71. The number of carbonyl (C=O) groups is 1. The maximum absolute atomic E-state index is 13.3. The van der Waals surface area contributed by atoms with Gasteiger partial charge < -0.3 is 5.32 Å². The third-order valence-corrected chi connectivity index (χ3v) is 5.59. The molecule has 0 saturated heterocycles. The number of benzene rings is 1. The first-order chi connectivity index (χ1) is 13.3. The molecule has 28 heavy (non-hydrogen) atoms. The molecule has 1 aromatic carbocycles. The Hall–Kier alpha value is -3.29. The molecule has 0 unspecified atom stereocenters. The summed E-state index contributed by atoms with van der Waals surface area (Å²) in [7, 11) is 2.93. The van der Waals surface area contributed by atoms with E-state index in [1.54, 1.807) is 12.1 Å². The monoisotopic (exact) mass is 382 g/mol. The Morgan fingerprint density at radius 3 is 2.43 bits per heavy atom. The first kappa shape index (κ1) is 18.1. The summed E-state index contributed by atoms with van der Waals surface area (Å²) in [6, 6.07) is 7.50. The van der Waals surface area contributed by atoms with Gasteiger partial charge in [0.25, 0.3) is 5.56 Å². The van der Waals surface area contributed by atoms with E-state index in [-0.39, 0.29) is 22.8 Å². The fraction of sp³-hybridized carbons (Fsp3) is 0.300. The van der Waals surface area contributed by atoms with Crippen molar-refractivity contribution in [2.24, 2.45) is 14.1 Å². The number of amides is 1. The highest BCUT2D eigenvalue weighted by atomic mass is 19.1. The number of halogens is 1. The number of rotatable bonds is 3. The van der Waals surface area contributed by atoms with Crippen LogP contribution in [0.4, 0.5) is 10.1 Å². The van der Waals surface area contributed by atoms with Crippen molar-refractivity contribution in [1.82, 2.24) is 14.1 Å². The molecule has 1 N–H and O–H groups in total. The topological polar surface area (TPSA) is 86.0 Å². The van der Waals surface area contributed by atoms with Gasteiger partial charge in [-0.2, -0.15) is 0 Å². The molecule has 144 valence electrons. The number of hydrogen-bond donors (Lipinski definition) is 1. The second kappa shape index (κ2) is 6.40. The van der Waals surface area contributed by atoms with Gasteiger partial charge in [0.1, 0.15) is 11.5 Å². The van der Waals surface area contributed by atoms with Crippen LogP contribution in [0.3, 0.4) is 0 Å². The van der Waals surface area contributed by atoms with E-state index in [0.717, 1.165) is 16.6 Å². The predicted octanol–water partition coefficient (Wildman–Crippen LogP) is 1.83. The smallest absolute Gasteiger partial charge is 0.324 e. The molecule has 1 saturated carbocycles. The van der Waals surface area contributed by atoms with Gasteiger partial charge >= 0.3 is 5.69 Å². The van der Waals surface area contributed by atoms with Crippen LogP contribution in [0.2, 0.25) is 0 Å². The van der Waals surface area contributed by atoms with Gasteiger partial charge in [0.15, 0.2) is 0 Å². The van der Waals surface area contributed by atoms with Crippen molar-refractivity contribution in [3.05, 3.63) is 68.7 Å². The molecule has 1 fully saturated rings. The summed E-state index contributed by atoms with van der Waals surface area (Å²) in [4.78, 5) is 41.7. The third kappa shape index (κ3) is 2.64. The average molecular weight is 382 g/mol. The molecule has 0 radical (unpaired) electrons. The van der Waals surface area contributed by atoms with E-state index in [9.17, 15) is 18.8 Å². The van der Waals surface area contributed by atoms with Crippen molar-refractivity contribution in [1.29, 1.82) is 0 Å². The highest BCUT2D eigenvalue weighted by Gasteiger charge is 2.45. The highest BCUT2D eigenvalue weighted by molar-refractivity contribution is 6.00. The molecule has 1 aliphatic carbocycles. The standard InChI is InChI=1S/C20H19FN4O3/c1-24-16-15(17(26)25(2)19(24)28)10-14(11-22-16)23-18(27)20(8-3-9-20)12-4-6-13(21)7-5-12/h4-7,10-11H,3,8-9H2,1-2H3,(H,23,27). The molecule has 1 amide bonds. The maximum atomic E-state index is 13.3. The zero-order chi connectivity index (χ0) is 20.1. The Bertz CT molecular complexity index is 1210. The Morgan fingerprint density at radius 2 is 1.82 bits per heavy atom. The number of pyridine rings is 1. The van der Waals surface area contributed by atoms with Gasteiger partial charge in [0.05, 0.1) is 22.7 Å². The van der Waals surface area contributed by atoms with Gasteiger partial charge in [-0.3, -0.25) is 18.7 Å². The molecule has 2 heterocycles. The summed E-state index contributed by atoms with van der Waals surface area (Å²) in [6.07, 6.45) is 3.67. The lowest BCUT2D eigenvalue weighted by Crippen LogP contribution is -2.46. The van der Waals surface area contributed by atoms with Crippen molar-refractivity contribution in [3.63, 3.8) is 0 Å². The minimum atomic E-state index is -0.711. The predicted molar refractivity (Wildman–Crippen MR) is 103 cm³/mol. The highest BCUT2D eigenvalue weighted by Crippen LogP contribution is 2.44. The third-order valence-electron chi connectivity index (χ3n) is 5.59. The van der Waals surface area contributed by atoms with Gasteiger partial charge in [0, 0.05) is 14.1 Å². The van der Waals surface area contributed by atoms with E-state index in [4.69, 9.17) is 0 Å². The normalized spacial score (nSPS) is 15.2. The molecule has 1 aliphatic rings. The van der Waals surface area contributed by atoms with Crippen LogP contribution in [0, 0.1) is 5.82 Å². The molecular weight excluding hydrogens is 363 g/mol. The first-order valence-corrected chi connectivity index (χ1v) is 8.97. The number of anilines is 1. The number of aryl methyl sites for hydroxylation is 1. The zero-order valence-corrected chi connectivity index (χ0v) is 15.5. The van der Waals surface area contributed by atoms with Crippen molar-refractivity contribution >= 4 is 22.6 Å². The second-order valence-corrected chi connectivity index (χ2v) is 7.20.